The van der Waals surface area contributed by atoms with Crippen LogP contribution in [0.1, 0.15) is 12.5 Å². The van der Waals surface area contributed by atoms with E-state index in [-0.39, 0.29) is 24.5 Å². The van der Waals surface area contributed by atoms with E-state index in [1.165, 1.54) is 19.1 Å². The summed E-state index contributed by atoms with van der Waals surface area (Å²) >= 11 is 0. The van der Waals surface area contributed by atoms with E-state index >= 15 is 0 Å². The van der Waals surface area contributed by atoms with Gasteiger partial charge in [0.2, 0.25) is 0 Å². The van der Waals surface area contributed by atoms with E-state index in [9.17, 15) is 18.0 Å². The molecule has 0 unspecified atom stereocenters. The van der Waals surface area contributed by atoms with Crippen LogP contribution in [0.4, 0.5) is 13.2 Å². The molecule has 0 radical (unpaired) electrons. The quantitative estimate of drug-likeness (QED) is 0.470. The van der Waals surface area contributed by atoms with Gasteiger partial charge in [0.25, 0.3) is 0 Å². The summed E-state index contributed by atoms with van der Waals surface area (Å²) in [6.07, 6.45) is -4.41. The Morgan fingerprint density at radius 2 is 2.00 bits per heavy atom. The number of carbonyl (C=O) groups is 1. The Balaban J connectivity index is 2.46. The van der Waals surface area contributed by atoms with Crippen molar-refractivity contribution in [2.24, 2.45) is 0 Å². The van der Waals surface area contributed by atoms with Crippen molar-refractivity contribution in [2.75, 3.05) is 13.2 Å². The molecule has 1 aromatic rings. The molecule has 0 aliphatic heterocycles. The minimum absolute atomic E-state index is 0.0274. The molecule has 19 heavy (non-hydrogen) atoms. The van der Waals surface area contributed by atoms with E-state index in [1.807, 2.05) is 0 Å². The van der Waals surface area contributed by atoms with Crippen molar-refractivity contribution in [1.29, 1.82) is 0 Å². The van der Waals surface area contributed by atoms with Crippen LogP contribution in [0.25, 0.3) is 0 Å². The van der Waals surface area contributed by atoms with Crippen molar-refractivity contribution in [3.8, 4) is 5.75 Å². The topological polar surface area (TPSA) is 35.5 Å². The first kappa shape index (κ1) is 15.1. The van der Waals surface area contributed by atoms with Crippen molar-refractivity contribution in [2.45, 2.75) is 13.1 Å². The molecule has 0 heterocycles. The van der Waals surface area contributed by atoms with Crippen molar-refractivity contribution in [3.05, 3.63) is 42.0 Å². The molecule has 0 aliphatic rings. The normalized spacial score (nSPS) is 10.9. The van der Waals surface area contributed by atoms with Crippen LogP contribution >= 0.6 is 0 Å². The third-order valence-corrected chi connectivity index (χ3v) is 2.10. The number of rotatable bonds is 5. The van der Waals surface area contributed by atoms with Gasteiger partial charge in [0.1, 0.15) is 19.0 Å². The molecule has 0 bridgehead atoms. The highest BCUT2D eigenvalue weighted by atomic mass is 19.4. The van der Waals surface area contributed by atoms with Crippen molar-refractivity contribution in [1.82, 2.24) is 0 Å². The summed E-state index contributed by atoms with van der Waals surface area (Å²) in [4.78, 5) is 11.0. The molecule has 0 aliphatic carbocycles. The van der Waals surface area contributed by atoms with Crippen LogP contribution in [-0.4, -0.2) is 19.2 Å². The van der Waals surface area contributed by atoms with Gasteiger partial charge in [-0.3, -0.25) is 0 Å². The summed E-state index contributed by atoms with van der Waals surface area (Å²) in [6.45, 7) is 4.81. The van der Waals surface area contributed by atoms with E-state index in [1.54, 1.807) is 0 Å². The van der Waals surface area contributed by atoms with Gasteiger partial charge in [-0.15, -0.1) is 0 Å². The standard InChI is InChI=1S/C13H13F3O3/c1-9(2)12(17)19-7-6-18-11-5-3-4-10(8-11)13(14,15)16/h3-5,8H,1,6-7H2,2H3. The number of esters is 1. The molecule has 0 amide bonds. The van der Waals surface area contributed by atoms with Crippen LogP contribution in [0, 0.1) is 0 Å². The average molecular weight is 274 g/mol. The van der Waals surface area contributed by atoms with E-state index in [4.69, 9.17) is 9.47 Å². The first-order valence-corrected chi connectivity index (χ1v) is 5.43. The van der Waals surface area contributed by atoms with Gasteiger partial charge in [-0.25, -0.2) is 4.79 Å². The van der Waals surface area contributed by atoms with Gasteiger partial charge in [0, 0.05) is 5.57 Å². The molecule has 0 saturated heterocycles. The van der Waals surface area contributed by atoms with Crippen LogP contribution in [-0.2, 0) is 15.7 Å². The Kier molecular flexibility index (Phi) is 4.97. The molecule has 104 valence electrons. The molecule has 0 saturated carbocycles. The van der Waals surface area contributed by atoms with Gasteiger partial charge in [-0.05, 0) is 25.1 Å². The summed E-state index contributed by atoms with van der Waals surface area (Å²) in [5.41, 5.74) is -0.539. The minimum atomic E-state index is -4.41. The number of carbonyl (C=O) groups excluding carboxylic acids is 1. The molecule has 0 spiro atoms. The van der Waals surface area contributed by atoms with Gasteiger partial charge in [0.15, 0.2) is 0 Å². The molecule has 0 N–H and O–H groups in total. The van der Waals surface area contributed by atoms with Crippen LogP contribution in [0.2, 0.25) is 0 Å². The van der Waals surface area contributed by atoms with Crippen molar-refractivity contribution >= 4 is 5.97 Å². The number of benzene rings is 1. The Bertz CT molecular complexity index is 466. The third-order valence-electron chi connectivity index (χ3n) is 2.10. The van der Waals surface area contributed by atoms with Crippen LogP contribution < -0.4 is 4.74 Å². The maximum atomic E-state index is 12.4. The smallest absolute Gasteiger partial charge is 0.416 e. The van der Waals surface area contributed by atoms with Gasteiger partial charge in [-0.2, -0.15) is 13.2 Å². The lowest BCUT2D eigenvalue weighted by Gasteiger charge is -2.10. The summed E-state index contributed by atoms with van der Waals surface area (Å²) in [6, 6.07) is 4.49. The maximum absolute atomic E-state index is 12.4. The van der Waals surface area contributed by atoms with Crippen LogP contribution in [0.15, 0.2) is 36.4 Å². The molecule has 0 atom stereocenters. The predicted octanol–water partition coefficient (Wildman–Crippen LogP) is 3.20. The van der Waals surface area contributed by atoms with Gasteiger partial charge < -0.3 is 9.47 Å². The van der Waals surface area contributed by atoms with Crippen molar-refractivity contribution in [3.63, 3.8) is 0 Å². The molecule has 3 nitrogen and oxygen atoms in total. The molecule has 0 aromatic heterocycles. The van der Waals surface area contributed by atoms with E-state index < -0.39 is 17.7 Å². The fourth-order valence-electron chi connectivity index (χ4n) is 1.18. The highest BCUT2D eigenvalue weighted by Crippen LogP contribution is 2.31. The second-order valence-corrected chi connectivity index (χ2v) is 3.79. The molecule has 6 heteroatoms. The highest BCUT2D eigenvalue weighted by Gasteiger charge is 2.30. The van der Waals surface area contributed by atoms with Gasteiger partial charge in [-0.1, -0.05) is 12.6 Å². The SMILES string of the molecule is C=C(C)C(=O)OCCOc1cccc(C(F)(F)F)c1. The van der Waals surface area contributed by atoms with Gasteiger partial charge in [0.05, 0.1) is 5.56 Å². The van der Waals surface area contributed by atoms with Crippen LogP contribution in [0.5, 0.6) is 5.75 Å². The lowest BCUT2D eigenvalue weighted by molar-refractivity contribution is -0.139. The van der Waals surface area contributed by atoms with Crippen LogP contribution in [0.3, 0.4) is 0 Å². The fraction of sp³-hybridized carbons (Fsp3) is 0.308. The number of hydrogen-bond donors (Lipinski definition) is 0. The first-order valence-electron chi connectivity index (χ1n) is 5.43. The highest BCUT2D eigenvalue weighted by molar-refractivity contribution is 5.86. The fourth-order valence-corrected chi connectivity index (χ4v) is 1.18. The number of alkyl halides is 3. The number of hydrogen-bond acceptors (Lipinski definition) is 3. The van der Waals surface area contributed by atoms with Gasteiger partial charge >= 0.3 is 12.1 Å². The summed E-state index contributed by atoms with van der Waals surface area (Å²) < 4.78 is 47.1. The zero-order chi connectivity index (χ0) is 14.5. The zero-order valence-corrected chi connectivity index (χ0v) is 10.3. The zero-order valence-electron chi connectivity index (χ0n) is 10.3. The van der Waals surface area contributed by atoms with E-state index in [0.717, 1.165) is 12.1 Å². The second-order valence-electron chi connectivity index (χ2n) is 3.79. The molecule has 0 fully saturated rings. The first-order chi connectivity index (χ1) is 8.80. The predicted molar refractivity (Wildman–Crippen MR) is 62.7 cm³/mol. The van der Waals surface area contributed by atoms with E-state index in [2.05, 4.69) is 6.58 Å². The molecule has 1 rings (SSSR count). The Hall–Kier alpha value is -1.98. The largest absolute Gasteiger partial charge is 0.490 e. The lowest BCUT2D eigenvalue weighted by Crippen LogP contribution is -2.12. The lowest BCUT2D eigenvalue weighted by atomic mass is 10.2. The minimum Gasteiger partial charge on any atom is -0.490 e. The maximum Gasteiger partial charge on any atom is 0.416 e. The summed E-state index contributed by atoms with van der Waals surface area (Å²) in [5, 5.41) is 0. The monoisotopic (exact) mass is 274 g/mol. The Morgan fingerprint density at radius 1 is 1.32 bits per heavy atom. The Labute approximate surface area is 108 Å². The third kappa shape index (κ3) is 5.03. The Morgan fingerprint density at radius 3 is 2.58 bits per heavy atom. The number of halogens is 3. The number of ether oxygens (including phenoxy) is 2. The molecule has 1 aromatic carbocycles. The van der Waals surface area contributed by atoms with Crippen molar-refractivity contribution < 1.29 is 27.4 Å². The second kappa shape index (κ2) is 6.26. The summed E-state index contributed by atoms with van der Waals surface area (Å²) in [7, 11) is 0. The average Bonchev–Trinajstić information content (AvgIpc) is 2.33. The molecular formula is C13H13F3O3. The molecular weight excluding hydrogens is 261 g/mol. The summed E-state index contributed by atoms with van der Waals surface area (Å²) in [5.74, 6) is -0.492. The van der Waals surface area contributed by atoms with E-state index in [0.29, 0.717) is 0 Å².